The number of aliphatic carboxylic acids is 1. The highest BCUT2D eigenvalue weighted by molar-refractivity contribution is 6.43. The maximum Gasteiger partial charge on any atom is 0.307 e. The van der Waals surface area contributed by atoms with Crippen LogP contribution in [0.1, 0.15) is 5.56 Å². The number of halogens is 2. The second kappa shape index (κ2) is 4.44. The number of carboxylic acids is 1. The van der Waals surface area contributed by atoms with Crippen LogP contribution >= 0.6 is 23.2 Å². The van der Waals surface area contributed by atoms with Gasteiger partial charge in [0.2, 0.25) is 0 Å². The molecule has 0 radical (unpaired) electrons. The molecule has 0 atom stereocenters. The number of rotatable bonds is 2. The molecular weight excluding hydrogens is 287 g/mol. The van der Waals surface area contributed by atoms with E-state index < -0.39 is 5.97 Å². The lowest BCUT2D eigenvalue weighted by Gasteiger charge is -1.96. The van der Waals surface area contributed by atoms with E-state index in [9.17, 15) is 4.79 Å². The fourth-order valence-electron chi connectivity index (χ4n) is 2.10. The van der Waals surface area contributed by atoms with Gasteiger partial charge in [0.05, 0.1) is 16.5 Å². The maximum absolute atomic E-state index is 10.7. The number of fused-ring (bicyclic) bond motifs is 3. The minimum Gasteiger partial charge on any atom is -0.481 e. The molecule has 0 saturated heterocycles. The molecule has 3 aromatic rings. The zero-order chi connectivity index (χ0) is 13.6. The van der Waals surface area contributed by atoms with Gasteiger partial charge in [0.15, 0.2) is 0 Å². The standard InChI is InChI=1S/C14H8Cl2O3/c15-10-5-9-8-2-1-7(4-14(17)18)3-12(8)19-13(9)6-11(10)16/h1-3,5-6H,4H2,(H,17,18). The molecule has 0 aliphatic carbocycles. The van der Waals surface area contributed by atoms with E-state index in [0.29, 0.717) is 26.8 Å². The number of carboxylic acid groups (broad SMARTS) is 1. The van der Waals surface area contributed by atoms with Gasteiger partial charge in [0, 0.05) is 16.8 Å². The van der Waals surface area contributed by atoms with Gasteiger partial charge < -0.3 is 9.52 Å². The lowest BCUT2D eigenvalue weighted by molar-refractivity contribution is -0.136. The van der Waals surface area contributed by atoms with Gasteiger partial charge in [0.1, 0.15) is 11.2 Å². The molecule has 3 nitrogen and oxygen atoms in total. The number of hydrogen-bond donors (Lipinski definition) is 1. The van der Waals surface area contributed by atoms with E-state index in [2.05, 4.69) is 0 Å². The van der Waals surface area contributed by atoms with Gasteiger partial charge in [-0.3, -0.25) is 4.79 Å². The van der Waals surface area contributed by atoms with Crippen LogP contribution in [0.2, 0.25) is 10.0 Å². The SMILES string of the molecule is O=C(O)Cc1ccc2c(c1)oc1cc(Cl)c(Cl)cc12. The van der Waals surface area contributed by atoms with Crippen LogP contribution < -0.4 is 0 Å². The summed E-state index contributed by atoms with van der Waals surface area (Å²) in [6.45, 7) is 0. The summed E-state index contributed by atoms with van der Waals surface area (Å²) in [5.41, 5.74) is 1.96. The van der Waals surface area contributed by atoms with E-state index in [4.69, 9.17) is 32.7 Å². The van der Waals surface area contributed by atoms with Gasteiger partial charge in [-0.05, 0) is 17.7 Å². The maximum atomic E-state index is 10.7. The van der Waals surface area contributed by atoms with Crippen molar-refractivity contribution < 1.29 is 14.3 Å². The predicted molar refractivity (Wildman–Crippen MR) is 75.1 cm³/mol. The Morgan fingerprint density at radius 1 is 1.05 bits per heavy atom. The van der Waals surface area contributed by atoms with Crippen molar-refractivity contribution >= 4 is 51.1 Å². The Hall–Kier alpha value is -1.71. The molecule has 1 N–H and O–H groups in total. The Balaban J connectivity index is 2.25. The van der Waals surface area contributed by atoms with Crippen molar-refractivity contribution in [2.24, 2.45) is 0 Å². The molecule has 0 bridgehead atoms. The minimum atomic E-state index is -0.874. The fourth-order valence-corrected chi connectivity index (χ4v) is 2.42. The summed E-state index contributed by atoms with van der Waals surface area (Å²) in [6.07, 6.45) is -0.0332. The predicted octanol–water partition coefficient (Wildman–Crippen LogP) is 4.52. The van der Waals surface area contributed by atoms with Gasteiger partial charge in [-0.25, -0.2) is 0 Å². The highest BCUT2D eigenvalue weighted by Crippen LogP contribution is 2.35. The molecule has 1 aromatic heterocycles. The summed E-state index contributed by atoms with van der Waals surface area (Å²) < 4.78 is 5.67. The Morgan fingerprint density at radius 2 is 1.74 bits per heavy atom. The number of benzene rings is 2. The van der Waals surface area contributed by atoms with Gasteiger partial charge >= 0.3 is 5.97 Å². The lowest BCUT2D eigenvalue weighted by Crippen LogP contribution is -1.99. The quantitative estimate of drug-likeness (QED) is 0.756. The second-order valence-electron chi connectivity index (χ2n) is 4.27. The van der Waals surface area contributed by atoms with Crippen LogP contribution in [0.15, 0.2) is 34.7 Å². The van der Waals surface area contributed by atoms with Gasteiger partial charge in [-0.15, -0.1) is 0 Å². The summed E-state index contributed by atoms with van der Waals surface area (Å²) in [7, 11) is 0. The summed E-state index contributed by atoms with van der Waals surface area (Å²) in [5.74, 6) is -0.874. The molecule has 19 heavy (non-hydrogen) atoms. The summed E-state index contributed by atoms with van der Waals surface area (Å²) >= 11 is 11.9. The van der Waals surface area contributed by atoms with Crippen LogP contribution in [-0.4, -0.2) is 11.1 Å². The van der Waals surface area contributed by atoms with Gasteiger partial charge in [-0.1, -0.05) is 35.3 Å². The molecule has 0 unspecified atom stereocenters. The normalized spacial score (nSPS) is 11.3. The van der Waals surface area contributed by atoms with Gasteiger partial charge in [-0.2, -0.15) is 0 Å². The van der Waals surface area contributed by atoms with E-state index in [1.54, 1.807) is 24.3 Å². The first-order valence-electron chi connectivity index (χ1n) is 5.56. The number of hydrogen-bond acceptors (Lipinski definition) is 2. The van der Waals surface area contributed by atoms with Crippen molar-refractivity contribution in [2.75, 3.05) is 0 Å². The molecule has 0 spiro atoms. The Bertz CT molecular complexity index is 805. The number of carbonyl (C=O) groups is 1. The molecule has 5 heteroatoms. The van der Waals surface area contributed by atoms with Crippen LogP contribution in [0, 0.1) is 0 Å². The molecule has 0 saturated carbocycles. The van der Waals surface area contributed by atoms with E-state index >= 15 is 0 Å². The summed E-state index contributed by atoms with van der Waals surface area (Å²) in [4.78, 5) is 10.7. The van der Waals surface area contributed by atoms with Crippen LogP contribution in [0.4, 0.5) is 0 Å². The largest absolute Gasteiger partial charge is 0.481 e. The molecule has 0 amide bonds. The molecule has 2 aromatic carbocycles. The van der Waals surface area contributed by atoms with E-state index in [-0.39, 0.29) is 6.42 Å². The number of furan rings is 1. The first-order chi connectivity index (χ1) is 9.04. The third kappa shape index (κ3) is 2.15. The minimum absolute atomic E-state index is 0.0332. The summed E-state index contributed by atoms with van der Waals surface area (Å²) in [6, 6.07) is 8.75. The van der Waals surface area contributed by atoms with Crippen molar-refractivity contribution in [3.05, 3.63) is 45.9 Å². The Morgan fingerprint density at radius 3 is 2.47 bits per heavy atom. The van der Waals surface area contributed by atoms with Crippen molar-refractivity contribution in [1.29, 1.82) is 0 Å². The molecule has 1 heterocycles. The Labute approximate surface area is 118 Å². The van der Waals surface area contributed by atoms with E-state index in [1.165, 1.54) is 0 Å². The first kappa shape index (κ1) is 12.3. The highest BCUT2D eigenvalue weighted by Gasteiger charge is 2.11. The van der Waals surface area contributed by atoms with E-state index in [1.807, 2.05) is 6.07 Å². The van der Waals surface area contributed by atoms with Crippen molar-refractivity contribution in [1.82, 2.24) is 0 Å². The molecule has 3 rings (SSSR count). The average Bonchev–Trinajstić information content (AvgIpc) is 2.66. The zero-order valence-corrected chi connectivity index (χ0v) is 11.1. The lowest BCUT2D eigenvalue weighted by atomic mass is 10.1. The van der Waals surface area contributed by atoms with Crippen molar-refractivity contribution in [3.63, 3.8) is 0 Å². The molecule has 0 aliphatic rings. The Kier molecular flexibility index (Phi) is 2.88. The monoisotopic (exact) mass is 294 g/mol. The van der Waals surface area contributed by atoms with Crippen LogP contribution in [0.3, 0.4) is 0 Å². The smallest absolute Gasteiger partial charge is 0.307 e. The molecule has 96 valence electrons. The van der Waals surface area contributed by atoms with Crippen LogP contribution in [0.5, 0.6) is 0 Å². The molecule has 0 aliphatic heterocycles. The molecular formula is C14H8Cl2O3. The molecule has 0 fully saturated rings. The highest BCUT2D eigenvalue weighted by atomic mass is 35.5. The van der Waals surface area contributed by atoms with Gasteiger partial charge in [0.25, 0.3) is 0 Å². The zero-order valence-electron chi connectivity index (χ0n) is 9.61. The van der Waals surface area contributed by atoms with Crippen LogP contribution in [-0.2, 0) is 11.2 Å². The second-order valence-corrected chi connectivity index (χ2v) is 5.08. The third-order valence-electron chi connectivity index (χ3n) is 2.93. The van der Waals surface area contributed by atoms with Crippen molar-refractivity contribution in [2.45, 2.75) is 6.42 Å². The topological polar surface area (TPSA) is 50.4 Å². The first-order valence-corrected chi connectivity index (χ1v) is 6.32. The average molecular weight is 295 g/mol. The third-order valence-corrected chi connectivity index (χ3v) is 3.66. The van der Waals surface area contributed by atoms with E-state index in [0.717, 1.165) is 10.8 Å². The summed E-state index contributed by atoms with van der Waals surface area (Å²) in [5, 5.41) is 11.4. The fraction of sp³-hybridized carbons (Fsp3) is 0.0714. The van der Waals surface area contributed by atoms with Crippen LogP contribution in [0.25, 0.3) is 21.9 Å². The van der Waals surface area contributed by atoms with Crippen molar-refractivity contribution in [3.8, 4) is 0 Å².